The second kappa shape index (κ2) is 6.12. The molecule has 0 spiro atoms. The smallest absolute Gasteiger partial charge is 0.193 e. The number of ether oxygens (including phenoxy) is 1. The molecule has 0 amide bonds. The summed E-state index contributed by atoms with van der Waals surface area (Å²) < 4.78 is 5.78. The van der Waals surface area contributed by atoms with Gasteiger partial charge in [0.15, 0.2) is 5.96 Å². The molecule has 2 fully saturated rings. The summed E-state index contributed by atoms with van der Waals surface area (Å²) in [6.45, 7) is 7.35. The second-order valence-corrected chi connectivity index (χ2v) is 6.52. The van der Waals surface area contributed by atoms with E-state index in [0.717, 1.165) is 18.7 Å². The molecule has 0 aromatic heterocycles. The molecule has 1 aromatic carbocycles. The highest BCUT2D eigenvalue weighted by Crippen LogP contribution is 2.53. The summed E-state index contributed by atoms with van der Waals surface area (Å²) in [6, 6.07) is 8.40. The number of nitrogens with two attached hydrogens (primary N) is 1. The van der Waals surface area contributed by atoms with Crippen molar-refractivity contribution in [2.24, 2.45) is 22.1 Å². The van der Waals surface area contributed by atoms with E-state index in [9.17, 15) is 0 Å². The Morgan fingerprint density at radius 3 is 2.90 bits per heavy atom. The highest BCUT2D eigenvalue weighted by molar-refractivity contribution is 14.0. The molecular formula is C16H24IN3O. The summed E-state index contributed by atoms with van der Waals surface area (Å²) in [6.07, 6.45) is 1.45. The molecule has 21 heavy (non-hydrogen) atoms. The van der Waals surface area contributed by atoms with Crippen molar-refractivity contribution in [2.75, 3.05) is 11.9 Å². The molecule has 3 unspecified atom stereocenters. The number of aryl methyl sites for hydroxylation is 1. The van der Waals surface area contributed by atoms with E-state index >= 15 is 0 Å². The minimum Gasteiger partial charge on any atom is -0.377 e. The maximum atomic E-state index is 6.07. The van der Waals surface area contributed by atoms with E-state index in [1.54, 1.807) is 0 Å². The Labute approximate surface area is 143 Å². The number of aliphatic imine (C=N–C) groups is 1. The van der Waals surface area contributed by atoms with Gasteiger partial charge in [0.1, 0.15) is 0 Å². The Balaban J connectivity index is 0.00000161. The fourth-order valence-corrected chi connectivity index (χ4v) is 3.61. The number of hydrogen-bond donors (Lipinski definition) is 2. The van der Waals surface area contributed by atoms with Gasteiger partial charge in [0.25, 0.3) is 0 Å². The van der Waals surface area contributed by atoms with Gasteiger partial charge in [-0.25, -0.2) is 4.99 Å². The van der Waals surface area contributed by atoms with E-state index in [1.165, 1.54) is 5.56 Å². The quantitative estimate of drug-likeness (QED) is 0.455. The first-order valence-electron chi connectivity index (χ1n) is 7.27. The van der Waals surface area contributed by atoms with Crippen molar-refractivity contribution in [3.05, 3.63) is 29.8 Å². The number of rotatable bonds is 2. The Hall–Kier alpha value is -0.820. The molecule has 0 bridgehead atoms. The van der Waals surface area contributed by atoms with Crippen LogP contribution in [0.3, 0.4) is 0 Å². The molecule has 3 atom stereocenters. The molecular weight excluding hydrogens is 377 g/mol. The molecule has 1 heterocycles. The van der Waals surface area contributed by atoms with Crippen LogP contribution in [0.5, 0.6) is 0 Å². The Bertz CT molecular complexity index is 544. The van der Waals surface area contributed by atoms with Gasteiger partial charge in [-0.1, -0.05) is 26.0 Å². The van der Waals surface area contributed by atoms with Crippen LogP contribution >= 0.6 is 24.0 Å². The number of guanidine groups is 1. The predicted molar refractivity (Wildman–Crippen MR) is 97.3 cm³/mol. The zero-order valence-corrected chi connectivity index (χ0v) is 15.1. The highest BCUT2D eigenvalue weighted by Gasteiger charge is 2.59. The van der Waals surface area contributed by atoms with E-state index in [1.807, 2.05) is 12.1 Å². The third-order valence-corrected chi connectivity index (χ3v) is 4.61. The van der Waals surface area contributed by atoms with E-state index in [2.05, 4.69) is 38.2 Å². The third kappa shape index (κ3) is 3.04. The summed E-state index contributed by atoms with van der Waals surface area (Å²) in [5, 5.41) is 3.19. The zero-order chi connectivity index (χ0) is 14.3. The second-order valence-electron chi connectivity index (χ2n) is 6.52. The molecule has 1 aromatic rings. The van der Waals surface area contributed by atoms with Crippen LogP contribution in [0.15, 0.2) is 29.3 Å². The Morgan fingerprint density at radius 2 is 2.19 bits per heavy atom. The molecule has 116 valence electrons. The average Bonchev–Trinajstić information content (AvgIpc) is 2.83. The lowest BCUT2D eigenvalue weighted by atomic mass is 9.57. The number of anilines is 1. The first-order chi connectivity index (χ1) is 9.48. The lowest BCUT2D eigenvalue weighted by Gasteiger charge is -2.52. The summed E-state index contributed by atoms with van der Waals surface area (Å²) >= 11 is 0. The summed E-state index contributed by atoms with van der Waals surface area (Å²) in [4.78, 5) is 4.71. The van der Waals surface area contributed by atoms with Gasteiger partial charge >= 0.3 is 0 Å². The van der Waals surface area contributed by atoms with Gasteiger partial charge in [0, 0.05) is 23.6 Å². The van der Waals surface area contributed by atoms with Crippen molar-refractivity contribution in [3.63, 3.8) is 0 Å². The van der Waals surface area contributed by atoms with Gasteiger partial charge in [-0.3, -0.25) is 0 Å². The molecule has 1 aliphatic carbocycles. The Kier molecular flexibility index (Phi) is 4.82. The predicted octanol–water partition coefficient (Wildman–Crippen LogP) is 3.15. The molecule has 2 aliphatic rings. The van der Waals surface area contributed by atoms with Crippen LogP contribution < -0.4 is 11.1 Å². The Morgan fingerprint density at radius 1 is 1.43 bits per heavy atom. The van der Waals surface area contributed by atoms with Gasteiger partial charge in [-0.15, -0.1) is 24.0 Å². The number of hydrogen-bond acceptors (Lipinski definition) is 2. The van der Waals surface area contributed by atoms with Gasteiger partial charge in [0.05, 0.1) is 12.1 Å². The topological polar surface area (TPSA) is 59.6 Å². The van der Waals surface area contributed by atoms with Gasteiger partial charge in [-0.2, -0.15) is 0 Å². The monoisotopic (exact) mass is 401 g/mol. The SMILES string of the molecule is Cc1cccc(NC(N)=NC2C3CCOC3C2(C)C)c1.I. The van der Waals surface area contributed by atoms with E-state index in [4.69, 9.17) is 15.5 Å². The minimum atomic E-state index is 0. The standard InChI is InChI=1S/C16H23N3O.HI/c1-10-5-4-6-11(9-10)18-15(17)19-13-12-7-8-20-14(12)16(13,2)3;/h4-6,9,12-14H,7-8H2,1-3H3,(H3,17,18,19);1H. The molecule has 4 nitrogen and oxygen atoms in total. The summed E-state index contributed by atoms with van der Waals surface area (Å²) in [5.74, 6) is 1.03. The maximum absolute atomic E-state index is 6.07. The van der Waals surface area contributed by atoms with Crippen LogP contribution in [0, 0.1) is 18.3 Å². The van der Waals surface area contributed by atoms with Crippen molar-refractivity contribution in [2.45, 2.75) is 39.3 Å². The van der Waals surface area contributed by atoms with Crippen molar-refractivity contribution < 1.29 is 4.74 Å². The van der Waals surface area contributed by atoms with Crippen molar-refractivity contribution in [1.29, 1.82) is 0 Å². The average molecular weight is 401 g/mol. The number of nitrogens with one attached hydrogen (secondary N) is 1. The van der Waals surface area contributed by atoms with Crippen LogP contribution in [0.1, 0.15) is 25.8 Å². The molecule has 1 aliphatic heterocycles. The number of nitrogens with zero attached hydrogens (tertiary/aromatic N) is 1. The largest absolute Gasteiger partial charge is 0.377 e. The fourth-order valence-electron chi connectivity index (χ4n) is 3.61. The highest BCUT2D eigenvalue weighted by atomic mass is 127. The van der Waals surface area contributed by atoms with E-state index in [-0.39, 0.29) is 35.4 Å². The van der Waals surface area contributed by atoms with Gasteiger partial charge in [-0.05, 0) is 31.0 Å². The number of fused-ring (bicyclic) bond motifs is 1. The van der Waals surface area contributed by atoms with Crippen LogP contribution in [-0.2, 0) is 4.74 Å². The zero-order valence-electron chi connectivity index (χ0n) is 12.8. The fraction of sp³-hybridized carbons (Fsp3) is 0.562. The molecule has 5 heteroatoms. The van der Waals surface area contributed by atoms with E-state index < -0.39 is 0 Å². The van der Waals surface area contributed by atoms with Crippen molar-refractivity contribution in [3.8, 4) is 0 Å². The molecule has 0 radical (unpaired) electrons. The molecule has 1 saturated heterocycles. The van der Waals surface area contributed by atoms with Gasteiger partial charge < -0.3 is 15.8 Å². The first-order valence-corrected chi connectivity index (χ1v) is 7.27. The third-order valence-electron chi connectivity index (χ3n) is 4.61. The molecule has 3 N–H and O–H groups in total. The van der Waals surface area contributed by atoms with Crippen LogP contribution in [0.25, 0.3) is 0 Å². The van der Waals surface area contributed by atoms with E-state index in [0.29, 0.717) is 18.0 Å². The molecule has 3 rings (SSSR count). The normalized spacial score (nSPS) is 30.0. The van der Waals surface area contributed by atoms with Crippen molar-refractivity contribution in [1.82, 2.24) is 0 Å². The van der Waals surface area contributed by atoms with Crippen molar-refractivity contribution >= 4 is 35.6 Å². The lowest BCUT2D eigenvalue weighted by Crippen LogP contribution is -2.59. The lowest BCUT2D eigenvalue weighted by molar-refractivity contribution is -0.0985. The minimum absolute atomic E-state index is 0. The number of benzene rings is 1. The summed E-state index contributed by atoms with van der Waals surface area (Å²) in [5.41, 5.74) is 8.34. The maximum Gasteiger partial charge on any atom is 0.193 e. The molecule has 1 saturated carbocycles. The summed E-state index contributed by atoms with van der Waals surface area (Å²) in [7, 11) is 0. The van der Waals surface area contributed by atoms with Crippen LogP contribution in [0.4, 0.5) is 5.69 Å². The number of halogens is 1. The first kappa shape index (κ1) is 16.5. The van der Waals surface area contributed by atoms with Crippen LogP contribution in [0.2, 0.25) is 0 Å². The van der Waals surface area contributed by atoms with Crippen LogP contribution in [-0.4, -0.2) is 24.7 Å². The van der Waals surface area contributed by atoms with Gasteiger partial charge in [0.2, 0.25) is 0 Å².